The lowest BCUT2D eigenvalue weighted by Gasteiger charge is -2.30. The average Bonchev–Trinajstić information content (AvgIpc) is 2.82. The molecule has 7 heteroatoms. The van der Waals surface area contributed by atoms with Crippen LogP contribution in [-0.2, 0) is 11.2 Å². The lowest BCUT2D eigenvalue weighted by molar-refractivity contribution is -0.167. The quantitative estimate of drug-likeness (QED) is 0.856. The number of benzene rings is 1. The SMILES string of the molecule is Cc1cc2c(n1-c1ccc(NC(=O)C(F)(F)F)cc1)CC(C)(C)CC2=O. The molecule has 26 heavy (non-hydrogen) atoms. The Labute approximate surface area is 149 Å². The molecule has 3 rings (SSSR count). The van der Waals surface area contributed by atoms with E-state index >= 15 is 0 Å². The van der Waals surface area contributed by atoms with Crippen LogP contribution in [0.4, 0.5) is 18.9 Å². The Balaban J connectivity index is 1.94. The third-order valence-electron chi connectivity index (χ3n) is 4.51. The Kier molecular flexibility index (Phi) is 4.21. The summed E-state index contributed by atoms with van der Waals surface area (Å²) in [6, 6.07) is 7.95. The summed E-state index contributed by atoms with van der Waals surface area (Å²) in [5.74, 6) is -1.90. The number of rotatable bonds is 2. The van der Waals surface area contributed by atoms with Crippen molar-refractivity contribution in [1.82, 2.24) is 4.57 Å². The molecule has 138 valence electrons. The Morgan fingerprint density at radius 2 is 1.77 bits per heavy atom. The summed E-state index contributed by atoms with van der Waals surface area (Å²) in [5, 5.41) is 1.82. The third-order valence-corrected chi connectivity index (χ3v) is 4.51. The molecule has 1 aliphatic rings. The van der Waals surface area contributed by atoms with Crippen LogP contribution in [0.1, 0.15) is 42.0 Å². The van der Waals surface area contributed by atoms with Crippen molar-refractivity contribution in [3.63, 3.8) is 0 Å². The monoisotopic (exact) mass is 364 g/mol. The van der Waals surface area contributed by atoms with Gasteiger partial charge in [0.1, 0.15) is 0 Å². The smallest absolute Gasteiger partial charge is 0.318 e. The van der Waals surface area contributed by atoms with Crippen LogP contribution in [0.3, 0.4) is 0 Å². The van der Waals surface area contributed by atoms with Crippen LogP contribution in [0, 0.1) is 12.3 Å². The highest BCUT2D eigenvalue weighted by molar-refractivity contribution is 5.99. The van der Waals surface area contributed by atoms with Gasteiger partial charge in [0.25, 0.3) is 0 Å². The maximum absolute atomic E-state index is 12.4. The maximum Gasteiger partial charge on any atom is 0.471 e. The second-order valence-corrected chi connectivity index (χ2v) is 7.42. The number of nitrogens with zero attached hydrogens (tertiary/aromatic N) is 1. The van der Waals surface area contributed by atoms with Gasteiger partial charge in [-0.1, -0.05) is 13.8 Å². The number of ketones is 1. The molecule has 0 unspecified atom stereocenters. The van der Waals surface area contributed by atoms with E-state index in [0.29, 0.717) is 12.0 Å². The van der Waals surface area contributed by atoms with E-state index in [9.17, 15) is 22.8 Å². The van der Waals surface area contributed by atoms with Crippen LogP contribution in [0.5, 0.6) is 0 Å². The summed E-state index contributed by atoms with van der Waals surface area (Å²) in [5.41, 5.74) is 3.15. The van der Waals surface area contributed by atoms with Crippen molar-refractivity contribution >= 4 is 17.4 Å². The number of hydrogen-bond donors (Lipinski definition) is 1. The number of aryl methyl sites for hydroxylation is 1. The molecule has 0 saturated carbocycles. The standard InChI is InChI=1S/C19H19F3N2O2/c1-11-8-14-15(9-18(2,3)10-16(14)25)24(11)13-6-4-12(5-7-13)23-17(26)19(20,21)22/h4-8H,9-10H2,1-3H3,(H,23,26). The largest absolute Gasteiger partial charge is 0.471 e. The molecule has 0 aliphatic heterocycles. The number of halogens is 3. The van der Waals surface area contributed by atoms with Crippen molar-refractivity contribution in [1.29, 1.82) is 0 Å². The summed E-state index contributed by atoms with van der Waals surface area (Å²) in [7, 11) is 0. The van der Waals surface area contributed by atoms with Gasteiger partial charge in [-0.3, -0.25) is 9.59 Å². The van der Waals surface area contributed by atoms with E-state index in [-0.39, 0.29) is 16.9 Å². The first-order valence-electron chi connectivity index (χ1n) is 8.21. The van der Waals surface area contributed by atoms with Crippen molar-refractivity contribution in [3.8, 4) is 5.69 Å². The number of nitrogens with one attached hydrogen (secondary N) is 1. The molecule has 1 aromatic carbocycles. The third kappa shape index (κ3) is 3.38. The van der Waals surface area contributed by atoms with Crippen LogP contribution >= 0.6 is 0 Å². The van der Waals surface area contributed by atoms with Gasteiger partial charge < -0.3 is 9.88 Å². The number of carbonyl (C=O) groups excluding carboxylic acids is 2. The van der Waals surface area contributed by atoms with Gasteiger partial charge >= 0.3 is 12.1 Å². The summed E-state index contributed by atoms with van der Waals surface area (Å²) >= 11 is 0. The van der Waals surface area contributed by atoms with Crippen LogP contribution in [0.2, 0.25) is 0 Å². The highest BCUT2D eigenvalue weighted by atomic mass is 19.4. The van der Waals surface area contributed by atoms with E-state index in [0.717, 1.165) is 23.5 Å². The fourth-order valence-corrected chi connectivity index (χ4v) is 3.41. The minimum absolute atomic E-state index is 0.0613. The zero-order chi connectivity index (χ0) is 19.3. The van der Waals surface area contributed by atoms with E-state index in [2.05, 4.69) is 0 Å². The first-order chi connectivity index (χ1) is 12.0. The van der Waals surface area contributed by atoms with E-state index in [1.54, 1.807) is 12.1 Å². The van der Waals surface area contributed by atoms with Crippen molar-refractivity contribution in [2.24, 2.45) is 5.41 Å². The summed E-state index contributed by atoms with van der Waals surface area (Å²) < 4.78 is 39.0. The molecule has 1 N–H and O–H groups in total. The van der Waals surface area contributed by atoms with E-state index in [4.69, 9.17) is 0 Å². The van der Waals surface area contributed by atoms with Crippen LogP contribution in [-0.4, -0.2) is 22.4 Å². The number of amides is 1. The molecule has 1 amide bonds. The lowest BCUT2D eigenvalue weighted by Crippen LogP contribution is -2.29. The van der Waals surface area contributed by atoms with Gasteiger partial charge in [0.2, 0.25) is 0 Å². The van der Waals surface area contributed by atoms with Gasteiger partial charge in [-0.15, -0.1) is 0 Å². The van der Waals surface area contributed by atoms with Gasteiger partial charge in [0, 0.05) is 34.7 Å². The predicted octanol–water partition coefficient (Wildman–Crippen LogP) is 4.44. The number of hydrogen-bond acceptors (Lipinski definition) is 2. The summed E-state index contributed by atoms with van der Waals surface area (Å²) in [6.07, 6.45) is -3.71. The van der Waals surface area contributed by atoms with Crippen LogP contribution in [0.25, 0.3) is 5.69 Å². The number of carbonyl (C=O) groups is 2. The zero-order valence-electron chi connectivity index (χ0n) is 14.7. The summed E-state index contributed by atoms with van der Waals surface area (Å²) in [6.45, 7) is 5.96. The Morgan fingerprint density at radius 1 is 1.15 bits per heavy atom. The zero-order valence-corrected chi connectivity index (χ0v) is 14.7. The van der Waals surface area contributed by atoms with Crippen LogP contribution < -0.4 is 5.32 Å². The second-order valence-electron chi connectivity index (χ2n) is 7.42. The molecule has 0 bridgehead atoms. The van der Waals surface area contributed by atoms with Gasteiger partial charge in [-0.25, -0.2) is 0 Å². The van der Waals surface area contributed by atoms with Crippen molar-refractivity contribution in [3.05, 3.63) is 47.3 Å². The minimum Gasteiger partial charge on any atom is -0.318 e. The Morgan fingerprint density at radius 3 is 2.35 bits per heavy atom. The first-order valence-corrected chi connectivity index (χ1v) is 8.21. The van der Waals surface area contributed by atoms with Gasteiger partial charge in [0.15, 0.2) is 5.78 Å². The van der Waals surface area contributed by atoms with Crippen molar-refractivity contribution in [2.45, 2.75) is 39.8 Å². The number of Topliss-reactive ketones (excluding diaryl/α,β-unsaturated/α-hetero) is 1. The molecule has 4 nitrogen and oxygen atoms in total. The molecular weight excluding hydrogens is 345 g/mol. The minimum atomic E-state index is -4.93. The van der Waals surface area contributed by atoms with E-state index in [1.807, 2.05) is 36.7 Å². The molecule has 2 aromatic rings. The maximum atomic E-state index is 12.4. The molecule has 0 atom stereocenters. The molecule has 1 aliphatic carbocycles. The van der Waals surface area contributed by atoms with Crippen molar-refractivity contribution < 1.29 is 22.8 Å². The molecule has 0 saturated heterocycles. The molecule has 0 radical (unpaired) electrons. The molecule has 0 spiro atoms. The fraction of sp³-hybridized carbons (Fsp3) is 0.368. The number of alkyl halides is 3. The van der Waals surface area contributed by atoms with E-state index < -0.39 is 12.1 Å². The molecular formula is C19H19F3N2O2. The van der Waals surface area contributed by atoms with Gasteiger partial charge in [-0.05, 0) is 49.1 Å². The van der Waals surface area contributed by atoms with E-state index in [1.165, 1.54) is 12.1 Å². The number of anilines is 1. The number of aromatic nitrogens is 1. The topological polar surface area (TPSA) is 51.1 Å². The second kappa shape index (κ2) is 6.00. The van der Waals surface area contributed by atoms with Crippen LogP contribution in [0.15, 0.2) is 30.3 Å². The normalized spacial score (nSPS) is 16.3. The Hall–Kier alpha value is -2.57. The lowest BCUT2D eigenvalue weighted by atomic mass is 9.76. The fourth-order valence-electron chi connectivity index (χ4n) is 3.41. The summed E-state index contributed by atoms with van der Waals surface area (Å²) in [4.78, 5) is 23.4. The Bertz CT molecular complexity index is 877. The molecule has 1 aromatic heterocycles. The average molecular weight is 364 g/mol. The highest BCUT2D eigenvalue weighted by Gasteiger charge is 2.38. The first kappa shape index (κ1) is 18.2. The molecule has 1 heterocycles. The van der Waals surface area contributed by atoms with Crippen molar-refractivity contribution in [2.75, 3.05) is 5.32 Å². The van der Waals surface area contributed by atoms with Gasteiger partial charge in [-0.2, -0.15) is 13.2 Å². The van der Waals surface area contributed by atoms with Gasteiger partial charge in [0.05, 0.1) is 0 Å². The highest BCUT2D eigenvalue weighted by Crippen LogP contribution is 2.37. The number of fused-ring (bicyclic) bond motifs is 1. The molecule has 0 fully saturated rings. The predicted molar refractivity (Wildman–Crippen MR) is 91.6 cm³/mol.